The van der Waals surface area contributed by atoms with Crippen LogP contribution in [-0.4, -0.2) is 44.3 Å². The Hall–Kier alpha value is -1.01. The van der Waals surface area contributed by atoms with Crippen molar-refractivity contribution in [3.63, 3.8) is 0 Å². The Morgan fingerprint density at radius 2 is 2.32 bits per heavy atom. The van der Waals surface area contributed by atoms with E-state index in [9.17, 15) is 9.59 Å². The molecule has 0 bridgehead atoms. The van der Waals surface area contributed by atoms with Crippen LogP contribution in [0.15, 0.2) is 17.5 Å². The summed E-state index contributed by atoms with van der Waals surface area (Å²) in [6, 6.07) is 4.24. The average Bonchev–Trinajstić information content (AvgIpc) is 2.96. The van der Waals surface area contributed by atoms with Gasteiger partial charge in [-0.25, -0.2) is 0 Å². The molecule has 2 aliphatic heterocycles. The minimum Gasteiger partial charge on any atom is -0.333 e. The third-order valence-electron chi connectivity index (χ3n) is 4.91. The molecule has 1 aromatic rings. The van der Waals surface area contributed by atoms with Crippen LogP contribution in [0, 0.1) is 0 Å². The molecule has 0 spiro atoms. The number of nitrogens with zero attached hydrogens (tertiary/aromatic N) is 2. The third-order valence-corrected chi connectivity index (χ3v) is 7.27. The Balaban J connectivity index is 1.55. The van der Waals surface area contributed by atoms with Gasteiger partial charge >= 0.3 is 0 Å². The van der Waals surface area contributed by atoms with Gasteiger partial charge in [0.1, 0.15) is 6.04 Å². The maximum atomic E-state index is 13.1. The highest BCUT2D eigenvalue weighted by molar-refractivity contribution is 8.01. The van der Waals surface area contributed by atoms with E-state index in [1.807, 2.05) is 15.9 Å². The second kappa shape index (κ2) is 5.27. The summed E-state index contributed by atoms with van der Waals surface area (Å²) in [5.41, 5.74) is 0. The normalized spacial score (nSPS) is 30.7. The van der Waals surface area contributed by atoms with Crippen molar-refractivity contribution in [2.24, 2.45) is 0 Å². The van der Waals surface area contributed by atoms with E-state index in [1.54, 1.807) is 23.1 Å². The smallest absolute Gasteiger partial charge is 0.246 e. The van der Waals surface area contributed by atoms with Crippen molar-refractivity contribution in [2.75, 3.05) is 5.75 Å². The number of hydrogen-bond donors (Lipinski definition) is 0. The average molecular weight is 336 g/mol. The van der Waals surface area contributed by atoms with Gasteiger partial charge in [-0.3, -0.25) is 9.59 Å². The SMILES string of the molecule is C[C@@]12CCC(=O)N1[C@H](C(=O)N(Cc1cccs1)C1CC1)CS2. The standard InChI is InChI=1S/C16H20N2O2S2/c1-16-7-6-14(19)18(16)13(10-22-16)15(20)17(11-4-5-11)9-12-3-2-8-21-12/h2-3,8,11,13H,4-7,9-10H2,1H3/t13-,16+/m0/s1. The topological polar surface area (TPSA) is 40.6 Å². The zero-order valence-corrected chi connectivity index (χ0v) is 14.3. The Bertz CT molecular complexity index is 599. The number of fused-ring (bicyclic) bond motifs is 1. The van der Waals surface area contributed by atoms with Crippen molar-refractivity contribution in [3.8, 4) is 0 Å². The highest BCUT2D eigenvalue weighted by atomic mass is 32.2. The first-order valence-electron chi connectivity index (χ1n) is 7.87. The summed E-state index contributed by atoms with van der Waals surface area (Å²) < 4.78 is 0. The van der Waals surface area contributed by atoms with Crippen molar-refractivity contribution in [1.29, 1.82) is 0 Å². The Labute approximate surface area is 138 Å². The van der Waals surface area contributed by atoms with Crippen LogP contribution in [0.1, 0.15) is 37.5 Å². The van der Waals surface area contributed by atoms with E-state index >= 15 is 0 Å². The van der Waals surface area contributed by atoms with Gasteiger partial charge in [0.25, 0.3) is 0 Å². The molecule has 0 radical (unpaired) electrons. The molecule has 3 fully saturated rings. The molecule has 3 aliphatic rings. The molecule has 4 rings (SSSR count). The molecule has 2 amide bonds. The predicted molar refractivity (Wildman–Crippen MR) is 88.6 cm³/mol. The summed E-state index contributed by atoms with van der Waals surface area (Å²) in [6.45, 7) is 2.80. The van der Waals surface area contributed by atoms with Crippen LogP contribution in [0.25, 0.3) is 0 Å². The van der Waals surface area contributed by atoms with Crippen molar-refractivity contribution >= 4 is 34.9 Å². The molecule has 2 atom stereocenters. The van der Waals surface area contributed by atoms with Crippen molar-refractivity contribution < 1.29 is 9.59 Å². The summed E-state index contributed by atoms with van der Waals surface area (Å²) in [7, 11) is 0. The second-order valence-corrected chi connectivity index (χ2v) is 9.08. The van der Waals surface area contributed by atoms with E-state index in [0.29, 0.717) is 19.0 Å². The molecule has 2 saturated heterocycles. The zero-order chi connectivity index (χ0) is 15.3. The van der Waals surface area contributed by atoms with Gasteiger partial charge in [-0.15, -0.1) is 23.1 Å². The van der Waals surface area contributed by atoms with Gasteiger partial charge in [0, 0.05) is 23.1 Å². The first-order valence-corrected chi connectivity index (χ1v) is 9.74. The van der Waals surface area contributed by atoms with Gasteiger partial charge in [0.2, 0.25) is 11.8 Å². The van der Waals surface area contributed by atoms with Gasteiger partial charge < -0.3 is 9.80 Å². The fourth-order valence-corrected chi connectivity index (χ4v) is 5.66. The molecule has 1 saturated carbocycles. The van der Waals surface area contributed by atoms with E-state index in [1.165, 1.54) is 4.88 Å². The summed E-state index contributed by atoms with van der Waals surface area (Å²) in [5, 5.41) is 2.05. The van der Waals surface area contributed by atoms with Crippen molar-refractivity contribution in [2.45, 2.75) is 56.1 Å². The molecule has 0 aromatic carbocycles. The number of thiophene rings is 1. The number of carbonyl (C=O) groups excluding carboxylic acids is 2. The lowest BCUT2D eigenvalue weighted by molar-refractivity contribution is -0.144. The summed E-state index contributed by atoms with van der Waals surface area (Å²) in [6.07, 6.45) is 3.65. The molecular formula is C16H20N2O2S2. The molecule has 22 heavy (non-hydrogen) atoms. The maximum Gasteiger partial charge on any atom is 0.246 e. The van der Waals surface area contributed by atoms with Crippen LogP contribution in [0.3, 0.4) is 0 Å². The largest absolute Gasteiger partial charge is 0.333 e. The van der Waals surface area contributed by atoms with E-state index in [2.05, 4.69) is 18.4 Å². The monoisotopic (exact) mass is 336 g/mol. The lowest BCUT2D eigenvalue weighted by atomic mass is 10.2. The highest BCUT2D eigenvalue weighted by Crippen LogP contribution is 2.48. The Morgan fingerprint density at radius 3 is 3.00 bits per heavy atom. The fourth-order valence-electron chi connectivity index (χ4n) is 3.54. The van der Waals surface area contributed by atoms with Crippen LogP contribution in [-0.2, 0) is 16.1 Å². The summed E-state index contributed by atoms with van der Waals surface area (Å²) >= 11 is 3.47. The van der Waals surface area contributed by atoms with Gasteiger partial charge in [0.05, 0.1) is 11.4 Å². The summed E-state index contributed by atoms with van der Waals surface area (Å²) in [5.74, 6) is 1.05. The highest BCUT2D eigenvalue weighted by Gasteiger charge is 2.54. The zero-order valence-electron chi connectivity index (χ0n) is 12.7. The molecule has 1 aliphatic carbocycles. The lowest BCUT2D eigenvalue weighted by Crippen LogP contribution is -2.51. The number of thioether (sulfide) groups is 1. The molecule has 0 unspecified atom stereocenters. The molecule has 0 N–H and O–H groups in total. The van der Waals surface area contributed by atoms with Gasteiger partial charge in [0.15, 0.2) is 0 Å². The first kappa shape index (κ1) is 14.6. The quantitative estimate of drug-likeness (QED) is 0.849. The van der Waals surface area contributed by atoms with Crippen LogP contribution < -0.4 is 0 Å². The molecule has 118 valence electrons. The first-order chi connectivity index (χ1) is 10.6. The minimum atomic E-state index is -0.259. The minimum absolute atomic E-state index is 0.151. The van der Waals surface area contributed by atoms with Crippen LogP contribution in [0.4, 0.5) is 0 Å². The van der Waals surface area contributed by atoms with E-state index in [-0.39, 0.29) is 22.7 Å². The van der Waals surface area contributed by atoms with Crippen LogP contribution in [0.5, 0.6) is 0 Å². The van der Waals surface area contributed by atoms with Crippen molar-refractivity contribution in [3.05, 3.63) is 22.4 Å². The van der Waals surface area contributed by atoms with E-state index in [4.69, 9.17) is 0 Å². The fraction of sp³-hybridized carbons (Fsp3) is 0.625. The lowest BCUT2D eigenvalue weighted by Gasteiger charge is -2.33. The number of hydrogen-bond acceptors (Lipinski definition) is 4. The molecule has 3 heterocycles. The van der Waals surface area contributed by atoms with Gasteiger partial charge in [-0.1, -0.05) is 6.07 Å². The Kier molecular flexibility index (Phi) is 3.49. The number of amides is 2. The molecule has 4 nitrogen and oxygen atoms in total. The number of carbonyl (C=O) groups is 2. The van der Waals surface area contributed by atoms with Crippen molar-refractivity contribution in [1.82, 2.24) is 9.80 Å². The third kappa shape index (κ3) is 2.36. The van der Waals surface area contributed by atoms with E-state index < -0.39 is 0 Å². The number of rotatable bonds is 4. The predicted octanol–water partition coefficient (Wildman–Crippen LogP) is 2.69. The molecule has 6 heteroatoms. The Morgan fingerprint density at radius 1 is 1.50 bits per heavy atom. The van der Waals surface area contributed by atoms with Gasteiger partial charge in [-0.2, -0.15) is 0 Å². The van der Waals surface area contributed by atoms with E-state index in [0.717, 1.165) is 25.0 Å². The molecular weight excluding hydrogens is 316 g/mol. The summed E-state index contributed by atoms with van der Waals surface area (Å²) in [4.78, 5) is 30.3. The second-order valence-electron chi connectivity index (χ2n) is 6.54. The molecule has 1 aromatic heterocycles. The van der Waals surface area contributed by atoms with Crippen LogP contribution in [0.2, 0.25) is 0 Å². The van der Waals surface area contributed by atoms with Gasteiger partial charge in [-0.05, 0) is 37.6 Å². The van der Waals surface area contributed by atoms with Crippen LogP contribution >= 0.6 is 23.1 Å². The maximum absolute atomic E-state index is 13.1.